The first kappa shape index (κ1) is 27.0. The van der Waals surface area contributed by atoms with Gasteiger partial charge in [0, 0.05) is 5.92 Å². The van der Waals surface area contributed by atoms with Crippen molar-refractivity contribution in [1.82, 2.24) is 0 Å². The molecule has 2 aliphatic rings. The van der Waals surface area contributed by atoms with E-state index in [1.165, 1.54) is 10.0 Å². The van der Waals surface area contributed by atoms with Crippen LogP contribution in [0.3, 0.4) is 0 Å². The van der Waals surface area contributed by atoms with Crippen molar-refractivity contribution in [3.05, 3.63) is 162 Å². The molecule has 0 aliphatic carbocycles. The average molecular weight is 577 g/mol. The van der Waals surface area contributed by atoms with Gasteiger partial charge in [0.1, 0.15) is 5.75 Å². The average Bonchev–Trinajstić information content (AvgIpc) is 3.61. The topological polar surface area (TPSA) is 85.6 Å². The Labute approximate surface area is 255 Å². The fraction of sp³-hybridized carbons (Fsp3) is 0.0811. The number of phenols is 1. The van der Waals surface area contributed by atoms with Crippen LogP contribution in [0, 0.1) is 11.8 Å². The maximum absolute atomic E-state index is 14.6. The molecule has 0 saturated carbocycles. The number of carbonyl (C=O) groups excluding carboxylic acids is 2. The lowest BCUT2D eigenvalue weighted by Gasteiger charge is -2.30. The summed E-state index contributed by atoms with van der Waals surface area (Å²) in [7, 11) is 0. The number of para-hydroxylation sites is 2. The molecule has 7 heteroatoms. The highest BCUT2D eigenvalue weighted by Crippen LogP contribution is 2.45. The van der Waals surface area contributed by atoms with E-state index in [0.717, 1.165) is 16.7 Å². The third-order valence-corrected chi connectivity index (χ3v) is 8.09. The van der Waals surface area contributed by atoms with Gasteiger partial charge in [-0.15, -0.1) is 0 Å². The molecular weight excluding hydrogens is 548 g/mol. The molecule has 0 radical (unpaired) electrons. The van der Waals surface area contributed by atoms with Crippen LogP contribution in [0.2, 0.25) is 0 Å². The molecule has 7 rings (SSSR count). The molecule has 0 unspecified atom stereocenters. The van der Waals surface area contributed by atoms with Gasteiger partial charge in [0.15, 0.2) is 0 Å². The zero-order valence-corrected chi connectivity index (χ0v) is 23.6. The molecule has 0 spiro atoms. The largest absolute Gasteiger partial charge is 0.508 e. The minimum absolute atomic E-state index is 0.0914. The lowest BCUT2D eigenvalue weighted by atomic mass is 9.70. The number of carbonyl (C=O) groups is 2. The Morgan fingerprint density at radius 1 is 0.500 bits per heavy atom. The van der Waals surface area contributed by atoms with Crippen molar-refractivity contribution in [3.8, 4) is 5.75 Å². The molecule has 44 heavy (non-hydrogen) atoms. The van der Waals surface area contributed by atoms with Crippen LogP contribution in [-0.4, -0.2) is 28.3 Å². The minimum atomic E-state index is -0.833. The van der Waals surface area contributed by atoms with Gasteiger partial charge in [0.2, 0.25) is 0 Å². The molecule has 0 bridgehead atoms. The van der Waals surface area contributed by atoms with Crippen molar-refractivity contribution in [2.45, 2.75) is 5.92 Å². The summed E-state index contributed by atoms with van der Waals surface area (Å²) in [5.41, 5.74) is 4.70. The number of rotatable bonds is 7. The first-order valence-electron chi connectivity index (χ1n) is 14.4. The van der Waals surface area contributed by atoms with E-state index in [1.54, 1.807) is 24.3 Å². The third kappa shape index (κ3) is 4.84. The number of benzene rings is 5. The van der Waals surface area contributed by atoms with Crippen LogP contribution in [-0.2, 0) is 9.59 Å². The van der Waals surface area contributed by atoms with Crippen LogP contribution >= 0.6 is 0 Å². The highest BCUT2D eigenvalue weighted by atomic mass is 16.3. The maximum atomic E-state index is 14.6. The van der Waals surface area contributed by atoms with E-state index < -0.39 is 17.8 Å². The van der Waals surface area contributed by atoms with Gasteiger partial charge in [0.05, 0.1) is 34.6 Å². The van der Waals surface area contributed by atoms with Crippen LogP contribution in [0.5, 0.6) is 5.75 Å². The normalized spacial score (nSPS) is 18.1. The molecule has 2 heterocycles. The molecule has 5 aromatic carbocycles. The lowest BCUT2D eigenvalue weighted by Crippen LogP contribution is -2.41. The summed E-state index contributed by atoms with van der Waals surface area (Å²) in [4.78, 5) is 29.3. The van der Waals surface area contributed by atoms with Crippen molar-refractivity contribution >= 4 is 34.6 Å². The lowest BCUT2D eigenvalue weighted by molar-refractivity contribution is -0.122. The summed E-state index contributed by atoms with van der Waals surface area (Å²) in [5, 5.41) is 22.9. The predicted octanol–water partition coefficient (Wildman–Crippen LogP) is 6.61. The molecule has 0 aromatic heterocycles. The van der Waals surface area contributed by atoms with Crippen molar-refractivity contribution < 1.29 is 14.7 Å². The van der Waals surface area contributed by atoms with Gasteiger partial charge in [-0.05, 0) is 53.1 Å². The monoisotopic (exact) mass is 576 g/mol. The molecule has 2 aliphatic heterocycles. The minimum Gasteiger partial charge on any atom is -0.508 e. The fourth-order valence-corrected chi connectivity index (χ4v) is 6.06. The second-order valence-electron chi connectivity index (χ2n) is 10.7. The first-order chi connectivity index (χ1) is 21.6. The smallest absolute Gasteiger partial charge is 0.257 e. The summed E-state index contributed by atoms with van der Waals surface area (Å²) in [6, 6.07) is 44.6. The highest BCUT2D eigenvalue weighted by Gasteiger charge is 2.52. The van der Waals surface area contributed by atoms with Gasteiger partial charge < -0.3 is 5.11 Å². The Bertz CT molecular complexity index is 1740. The van der Waals surface area contributed by atoms with E-state index in [0.29, 0.717) is 22.8 Å². The number of aromatic hydroxyl groups is 1. The van der Waals surface area contributed by atoms with Crippen molar-refractivity contribution in [2.75, 3.05) is 10.0 Å². The second kappa shape index (κ2) is 11.5. The Balaban J connectivity index is 1.44. The number of hydrogen-bond donors (Lipinski definition) is 1. The Kier molecular flexibility index (Phi) is 7.04. The van der Waals surface area contributed by atoms with Crippen molar-refractivity contribution in [1.29, 1.82) is 0 Å². The molecule has 5 aromatic rings. The van der Waals surface area contributed by atoms with Gasteiger partial charge in [-0.25, -0.2) is 0 Å². The zero-order chi connectivity index (χ0) is 30.0. The predicted molar refractivity (Wildman–Crippen MR) is 172 cm³/mol. The van der Waals surface area contributed by atoms with Crippen molar-refractivity contribution in [2.24, 2.45) is 22.0 Å². The molecule has 0 fully saturated rings. The van der Waals surface area contributed by atoms with E-state index in [-0.39, 0.29) is 17.6 Å². The number of hydrogen-bond acceptors (Lipinski definition) is 5. The number of hydrazone groups is 2. The Morgan fingerprint density at radius 2 is 0.864 bits per heavy atom. The van der Waals surface area contributed by atoms with E-state index in [9.17, 15) is 14.7 Å². The summed E-state index contributed by atoms with van der Waals surface area (Å²) in [5.74, 6) is -2.76. The SMILES string of the molecule is O=C1[C@@H](C(c2ccc(O)cc2)[C@@H]2C(=O)N(c3ccccc3)N=C2c2ccccc2)C(c2ccccc2)=NN1c1ccccc1. The van der Waals surface area contributed by atoms with Crippen LogP contribution in [0.15, 0.2) is 156 Å². The molecule has 0 saturated heterocycles. The second-order valence-corrected chi connectivity index (χ2v) is 10.7. The molecule has 214 valence electrons. The molecule has 2 atom stereocenters. The van der Waals surface area contributed by atoms with Crippen LogP contribution < -0.4 is 10.0 Å². The Morgan fingerprint density at radius 3 is 1.25 bits per heavy atom. The van der Waals surface area contributed by atoms with Gasteiger partial charge in [-0.3, -0.25) is 9.59 Å². The number of nitrogens with zero attached hydrogens (tertiary/aromatic N) is 4. The van der Waals surface area contributed by atoms with Crippen molar-refractivity contribution in [3.63, 3.8) is 0 Å². The third-order valence-electron chi connectivity index (χ3n) is 8.09. The van der Waals surface area contributed by atoms with Gasteiger partial charge >= 0.3 is 0 Å². The number of amides is 2. The fourth-order valence-electron chi connectivity index (χ4n) is 6.06. The maximum Gasteiger partial charge on any atom is 0.257 e. The molecule has 2 amide bonds. The first-order valence-corrected chi connectivity index (χ1v) is 14.4. The highest BCUT2D eigenvalue weighted by molar-refractivity contribution is 6.26. The summed E-state index contributed by atoms with van der Waals surface area (Å²) < 4.78 is 0. The summed E-state index contributed by atoms with van der Waals surface area (Å²) >= 11 is 0. The zero-order valence-electron chi connectivity index (χ0n) is 23.6. The molecule has 7 nitrogen and oxygen atoms in total. The molecular formula is C37H28N4O3. The van der Waals surface area contributed by atoms with Crippen LogP contribution in [0.4, 0.5) is 11.4 Å². The van der Waals surface area contributed by atoms with E-state index in [4.69, 9.17) is 10.2 Å². The summed E-state index contributed by atoms with van der Waals surface area (Å²) in [6.07, 6.45) is 0. The Hall–Kier alpha value is -5.82. The van der Waals surface area contributed by atoms with E-state index >= 15 is 0 Å². The van der Waals surface area contributed by atoms with E-state index in [2.05, 4.69) is 0 Å². The van der Waals surface area contributed by atoms with Gasteiger partial charge in [0.25, 0.3) is 11.8 Å². The van der Waals surface area contributed by atoms with E-state index in [1.807, 2.05) is 121 Å². The van der Waals surface area contributed by atoms with Crippen LogP contribution in [0.25, 0.3) is 0 Å². The number of anilines is 2. The van der Waals surface area contributed by atoms with Crippen LogP contribution in [0.1, 0.15) is 22.6 Å². The summed E-state index contributed by atoms with van der Waals surface area (Å²) in [6.45, 7) is 0. The van der Waals surface area contributed by atoms with Gasteiger partial charge in [-0.1, -0.05) is 109 Å². The molecule has 1 N–H and O–H groups in total. The quantitative estimate of drug-likeness (QED) is 0.237. The van der Waals surface area contributed by atoms with Gasteiger partial charge in [-0.2, -0.15) is 20.2 Å². The number of phenolic OH excluding ortho intramolecular Hbond substituents is 1. The standard InChI is InChI=1S/C37H28N4O3/c42-30-23-21-25(22-24-30)31(32-34(26-13-5-1-6-14-26)38-40(36(32)43)28-17-9-3-10-18-28)33-35(27-15-7-2-8-16-27)39-41(37(33)44)29-19-11-4-12-20-29/h1-24,31-33,42H/t32-,33-/m0/s1.